The molecular formula is C24H16Cl6O4. The molecular weight excluding hydrogens is 565 g/mol. The van der Waals surface area contributed by atoms with Crippen LogP contribution in [0.5, 0.6) is 0 Å². The molecule has 10 heteroatoms. The van der Waals surface area contributed by atoms with Crippen molar-refractivity contribution in [2.24, 2.45) is 0 Å². The van der Waals surface area contributed by atoms with Gasteiger partial charge in [0, 0.05) is 31.2 Å². The highest BCUT2D eigenvalue weighted by Gasteiger charge is 2.26. The van der Waals surface area contributed by atoms with E-state index in [1.54, 1.807) is 36.4 Å². The van der Waals surface area contributed by atoms with Gasteiger partial charge in [-0.15, -0.1) is 23.2 Å². The predicted octanol–water partition coefficient (Wildman–Crippen LogP) is 8.57. The first kappa shape index (κ1) is 26.9. The molecule has 2 atom stereocenters. The lowest BCUT2D eigenvalue weighted by Crippen LogP contribution is -2.19. The molecule has 3 aromatic carbocycles. The van der Waals surface area contributed by atoms with E-state index in [1.165, 1.54) is 24.3 Å². The van der Waals surface area contributed by atoms with Gasteiger partial charge in [0.05, 0.1) is 22.9 Å². The van der Waals surface area contributed by atoms with Crippen LogP contribution in [0.25, 0.3) is 0 Å². The van der Waals surface area contributed by atoms with Gasteiger partial charge in [-0.05, 0) is 36.4 Å². The molecule has 0 aliphatic carbocycles. The summed E-state index contributed by atoms with van der Waals surface area (Å²) in [4.78, 5) is 26.0. The Morgan fingerprint density at radius 3 is 1.35 bits per heavy atom. The number of esters is 2. The lowest BCUT2D eigenvalue weighted by atomic mass is 10.1. The van der Waals surface area contributed by atoms with Gasteiger partial charge in [-0.25, -0.2) is 9.59 Å². The Morgan fingerprint density at radius 1 is 0.647 bits per heavy atom. The maximum Gasteiger partial charge on any atom is 0.339 e. The molecule has 0 aliphatic heterocycles. The summed E-state index contributed by atoms with van der Waals surface area (Å²) < 4.78 is 11.1. The number of hydrogen-bond donors (Lipinski definition) is 0. The van der Waals surface area contributed by atoms with Gasteiger partial charge in [0.2, 0.25) is 0 Å². The second-order valence-corrected chi connectivity index (χ2v) is 9.28. The highest BCUT2D eigenvalue weighted by atomic mass is 35.5. The number of benzene rings is 3. The standard InChI is InChI=1S/C24H16Cl6O4/c25-11-21(17-7-5-13(27)9-19(17)29)33-23(31)15-3-1-2-4-16(15)24(32)34-22(12-26)18-8-6-14(28)10-20(18)30/h1-10,21-22H,11-12H2. The van der Waals surface area contributed by atoms with E-state index < -0.39 is 24.1 Å². The van der Waals surface area contributed by atoms with E-state index in [1.807, 2.05) is 0 Å². The maximum atomic E-state index is 13.0. The molecule has 34 heavy (non-hydrogen) atoms. The molecule has 0 spiro atoms. The number of ether oxygens (including phenoxy) is 2. The van der Waals surface area contributed by atoms with Crippen LogP contribution < -0.4 is 0 Å². The third kappa shape index (κ3) is 6.51. The second kappa shape index (κ2) is 12.3. The first-order valence-corrected chi connectivity index (χ1v) is 12.4. The Morgan fingerprint density at radius 2 is 1.03 bits per heavy atom. The molecule has 0 bridgehead atoms. The fraction of sp³-hybridized carbons (Fsp3) is 0.167. The summed E-state index contributed by atoms with van der Waals surface area (Å²) in [6.07, 6.45) is -1.74. The van der Waals surface area contributed by atoms with Crippen molar-refractivity contribution in [1.82, 2.24) is 0 Å². The summed E-state index contributed by atoms with van der Waals surface area (Å²) in [6, 6.07) is 15.6. The number of carbonyl (C=O) groups excluding carboxylic acids is 2. The minimum atomic E-state index is -0.869. The molecule has 0 heterocycles. The van der Waals surface area contributed by atoms with Gasteiger partial charge in [0.25, 0.3) is 0 Å². The molecule has 3 rings (SSSR count). The first-order chi connectivity index (χ1) is 16.2. The SMILES string of the molecule is O=C(OC(CCl)c1ccc(Cl)cc1Cl)c1ccccc1C(=O)OC(CCl)c1ccc(Cl)cc1Cl. The maximum absolute atomic E-state index is 13.0. The van der Waals surface area contributed by atoms with E-state index in [-0.39, 0.29) is 22.9 Å². The van der Waals surface area contributed by atoms with E-state index in [0.29, 0.717) is 31.2 Å². The van der Waals surface area contributed by atoms with Crippen LogP contribution in [0, 0.1) is 0 Å². The van der Waals surface area contributed by atoms with Crippen molar-refractivity contribution in [3.05, 3.63) is 103 Å². The summed E-state index contributed by atoms with van der Waals surface area (Å²) in [5.74, 6) is -1.70. The summed E-state index contributed by atoms with van der Waals surface area (Å²) in [6.45, 7) is 0. The van der Waals surface area contributed by atoms with Crippen LogP contribution in [-0.4, -0.2) is 23.7 Å². The van der Waals surface area contributed by atoms with Crippen molar-refractivity contribution in [2.75, 3.05) is 11.8 Å². The van der Waals surface area contributed by atoms with Crippen LogP contribution >= 0.6 is 69.6 Å². The number of carbonyl (C=O) groups is 2. The predicted molar refractivity (Wildman–Crippen MR) is 137 cm³/mol. The van der Waals surface area contributed by atoms with Gasteiger partial charge in [-0.1, -0.05) is 70.7 Å². The molecule has 2 unspecified atom stereocenters. The number of rotatable bonds is 8. The van der Waals surface area contributed by atoms with E-state index in [9.17, 15) is 9.59 Å². The highest BCUT2D eigenvalue weighted by Crippen LogP contribution is 2.32. The zero-order valence-electron chi connectivity index (χ0n) is 17.2. The van der Waals surface area contributed by atoms with Crippen LogP contribution in [0.3, 0.4) is 0 Å². The van der Waals surface area contributed by atoms with Crippen LogP contribution in [0.1, 0.15) is 44.1 Å². The number of hydrogen-bond acceptors (Lipinski definition) is 4. The molecule has 0 saturated heterocycles. The smallest absolute Gasteiger partial charge is 0.339 e. The average Bonchev–Trinajstić information content (AvgIpc) is 2.81. The summed E-state index contributed by atoms with van der Waals surface area (Å²) in [5.41, 5.74) is 0.939. The fourth-order valence-corrected chi connectivity index (χ4v) is 4.62. The molecule has 4 nitrogen and oxygen atoms in total. The third-order valence-corrected chi connectivity index (χ3v) is 6.45. The Labute approximate surface area is 226 Å². The Bertz CT molecular complexity index is 1110. The van der Waals surface area contributed by atoms with Crippen LogP contribution in [0.2, 0.25) is 20.1 Å². The van der Waals surface area contributed by atoms with Crippen molar-refractivity contribution in [3.8, 4) is 0 Å². The molecule has 0 amide bonds. The van der Waals surface area contributed by atoms with Gasteiger partial charge in [-0.2, -0.15) is 0 Å². The third-order valence-electron chi connectivity index (χ3n) is 4.76. The Kier molecular flexibility index (Phi) is 9.78. The topological polar surface area (TPSA) is 52.6 Å². The summed E-state index contributed by atoms with van der Waals surface area (Å²) >= 11 is 36.4. The number of alkyl halides is 2. The minimum absolute atomic E-state index is 0.0109. The molecule has 3 aromatic rings. The van der Waals surface area contributed by atoms with Crippen molar-refractivity contribution >= 4 is 81.5 Å². The van der Waals surface area contributed by atoms with Crippen molar-refractivity contribution in [3.63, 3.8) is 0 Å². The summed E-state index contributed by atoms with van der Waals surface area (Å²) in [5, 5.41) is 1.44. The van der Waals surface area contributed by atoms with Gasteiger partial charge in [0.1, 0.15) is 12.2 Å². The van der Waals surface area contributed by atoms with Gasteiger partial charge in [-0.3, -0.25) is 0 Å². The first-order valence-electron chi connectivity index (χ1n) is 9.78. The molecule has 0 saturated carbocycles. The monoisotopic (exact) mass is 578 g/mol. The lowest BCUT2D eigenvalue weighted by molar-refractivity contribution is 0.0296. The van der Waals surface area contributed by atoms with Crippen LogP contribution in [-0.2, 0) is 9.47 Å². The van der Waals surface area contributed by atoms with Gasteiger partial charge >= 0.3 is 11.9 Å². The zero-order valence-corrected chi connectivity index (χ0v) is 21.8. The molecule has 0 N–H and O–H groups in total. The lowest BCUT2D eigenvalue weighted by Gasteiger charge is -2.20. The minimum Gasteiger partial charge on any atom is -0.453 e. The quantitative estimate of drug-likeness (QED) is 0.198. The second-order valence-electron chi connectivity index (χ2n) is 6.97. The van der Waals surface area contributed by atoms with E-state index in [0.717, 1.165) is 0 Å². The zero-order chi connectivity index (χ0) is 24.8. The molecule has 0 aliphatic rings. The summed E-state index contributed by atoms with van der Waals surface area (Å²) in [7, 11) is 0. The molecule has 0 aromatic heterocycles. The van der Waals surface area contributed by atoms with E-state index in [2.05, 4.69) is 0 Å². The van der Waals surface area contributed by atoms with Crippen molar-refractivity contribution in [1.29, 1.82) is 0 Å². The largest absolute Gasteiger partial charge is 0.453 e. The van der Waals surface area contributed by atoms with Crippen molar-refractivity contribution in [2.45, 2.75) is 12.2 Å². The average molecular weight is 581 g/mol. The highest BCUT2D eigenvalue weighted by molar-refractivity contribution is 6.35. The van der Waals surface area contributed by atoms with Gasteiger partial charge < -0.3 is 9.47 Å². The van der Waals surface area contributed by atoms with E-state index >= 15 is 0 Å². The van der Waals surface area contributed by atoms with Crippen LogP contribution in [0.4, 0.5) is 0 Å². The van der Waals surface area contributed by atoms with Crippen LogP contribution in [0.15, 0.2) is 60.7 Å². The van der Waals surface area contributed by atoms with Crippen molar-refractivity contribution < 1.29 is 19.1 Å². The number of halogens is 6. The molecule has 178 valence electrons. The molecule has 0 fully saturated rings. The normalized spacial score (nSPS) is 12.6. The molecule has 0 radical (unpaired) electrons. The van der Waals surface area contributed by atoms with Gasteiger partial charge in [0.15, 0.2) is 0 Å². The fourth-order valence-electron chi connectivity index (χ4n) is 3.11. The Hall–Kier alpha value is -1.66. The Balaban J connectivity index is 1.83. The van der Waals surface area contributed by atoms with E-state index in [4.69, 9.17) is 79.1 Å².